The fourth-order valence-corrected chi connectivity index (χ4v) is 2.76. The van der Waals surface area contributed by atoms with Gasteiger partial charge in [0.2, 0.25) is 0 Å². The lowest BCUT2D eigenvalue weighted by atomic mass is 10.0. The third-order valence-corrected chi connectivity index (χ3v) is 3.96. The Balaban J connectivity index is 1.98. The first-order valence-electron chi connectivity index (χ1n) is 7.79. The lowest BCUT2D eigenvalue weighted by molar-refractivity contribution is 0.154. The van der Waals surface area contributed by atoms with Crippen LogP contribution in [0.4, 0.5) is 5.69 Å². The fourth-order valence-electron chi connectivity index (χ4n) is 2.76. The Morgan fingerprint density at radius 1 is 1.40 bits per heavy atom. The second-order valence-electron chi connectivity index (χ2n) is 6.38. The van der Waals surface area contributed by atoms with Crippen molar-refractivity contribution in [1.82, 2.24) is 5.32 Å². The first-order valence-corrected chi connectivity index (χ1v) is 7.79. The average Bonchev–Trinajstić information content (AvgIpc) is 2.40. The molecule has 1 aliphatic rings. The molecule has 2 N–H and O–H groups in total. The van der Waals surface area contributed by atoms with Gasteiger partial charge in [-0.15, -0.1) is 0 Å². The minimum absolute atomic E-state index is 0.170. The maximum Gasteiger partial charge on any atom is 0.0715 e. The van der Waals surface area contributed by atoms with E-state index in [9.17, 15) is 5.11 Å². The van der Waals surface area contributed by atoms with Gasteiger partial charge in [-0.25, -0.2) is 0 Å². The first kappa shape index (κ1) is 15.3. The van der Waals surface area contributed by atoms with Gasteiger partial charge in [0.25, 0.3) is 0 Å². The summed E-state index contributed by atoms with van der Waals surface area (Å²) in [7, 11) is 0. The molecule has 3 nitrogen and oxygen atoms in total. The van der Waals surface area contributed by atoms with Crippen molar-refractivity contribution >= 4 is 5.69 Å². The summed E-state index contributed by atoms with van der Waals surface area (Å²) in [5, 5.41) is 13.3. The van der Waals surface area contributed by atoms with E-state index in [2.05, 4.69) is 49.2 Å². The molecule has 3 heteroatoms. The summed E-state index contributed by atoms with van der Waals surface area (Å²) in [5.74, 6) is 0.685. The monoisotopic (exact) mass is 276 g/mol. The molecule has 112 valence electrons. The van der Waals surface area contributed by atoms with Crippen LogP contribution in [0.3, 0.4) is 0 Å². The van der Waals surface area contributed by atoms with Crippen LogP contribution in [0.15, 0.2) is 18.2 Å². The van der Waals surface area contributed by atoms with Crippen LogP contribution in [-0.2, 0) is 6.54 Å². The van der Waals surface area contributed by atoms with Crippen molar-refractivity contribution in [3.63, 3.8) is 0 Å². The number of hydrogen-bond donors (Lipinski definition) is 2. The van der Waals surface area contributed by atoms with Crippen molar-refractivity contribution in [2.75, 3.05) is 24.5 Å². The molecule has 0 radical (unpaired) electrons. The minimum Gasteiger partial charge on any atom is -0.391 e. The van der Waals surface area contributed by atoms with Crippen molar-refractivity contribution in [3.8, 4) is 0 Å². The molecule has 1 aliphatic heterocycles. The average molecular weight is 276 g/mol. The number of anilines is 1. The normalized spacial score (nSPS) is 19.6. The van der Waals surface area contributed by atoms with E-state index < -0.39 is 0 Å². The van der Waals surface area contributed by atoms with Gasteiger partial charge in [-0.05, 0) is 55.5 Å². The second-order valence-corrected chi connectivity index (χ2v) is 6.38. The molecule has 1 aromatic rings. The van der Waals surface area contributed by atoms with Crippen LogP contribution in [0.25, 0.3) is 0 Å². The second kappa shape index (κ2) is 7.09. The smallest absolute Gasteiger partial charge is 0.0715 e. The molecule has 0 amide bonds. The third kappa shape index (κ3) is 4.22. The van der Waals surface area contributed by atoms with Crippen LogP contribution < -0.4 is 10.2 Å². The zero-order valence-electron chi connectivity index (χ0n) is 13.0. The zero-order chi connectivity index (χ0) is 14.5. The molecule has 20 heavy (non-hydrogen) atoms. The quantitative estimate of drug-likeness (QED) is 0.868. The van der Waals surface area contributed by atoms with E-state index in [-0.39, 0.29) is 6.10 Å². The highest BCUT2D eigenvalue weighted by Gasteiger charge is 2.18. The van der Waals surface area contributed by atoms with Crippen molar-refractivity contribution in [3.05, 3.63) is 29.3 Å². The molecule has 0 spiro atoms. The standard InChI is InChI=1S/C17H28N2O/c1-13(2)10-18-11-15-6-7-16(9-14(15)3)19-8-4-5-17(20)12-19/h6-7,9,13,17-18,20H,4-5,8,10-12H2,1-3H3. The molecular formula is C17H28N2O. The van der Waals surface area contributed by atoms with Gasteiger partial charge in [-0.3, -0.25) is 0 Å². The number of rotatable bonds is 5. The Hall–Kier alpha value is -1.06. The summed E-state index contributed by atoms with van der Waals surface area (Å²) in [6.45, 7) is 10.4. The van der Waals surface area contributed by atoms with E-state index in [1.54, 1.807) is 0 Å². The predicted molar refractivity (Wildman–Crippen MR) is 85.2 cm³/mol. The number of nitrogens with zero attached hydrogens (tertiary/aromatic N) is 1. The maximum atomic E-state index is 9.78. The zero-order valence-corrected chi connectivity index (χ0v) is 13.0. The van der Waals surface area contributed by atoms with Crippen molar-refractivity contribution in [1.29, 1.82) is 0 Å². The van der Waals surface area contributed by atoms with Crippen molar-refractivity contribution in [2.45, 2.75) is 46.3 Å². The molecule has 0 saturated carbocycles. The molecular weight excluding hydrogens is 248 g/mol. The molecule has 1 atom stereocenters. The molecule has 1 aromatic carbocycles. The van der Waals surface area contributed by atoms with Crippen molar-refractivity contribution < 1.29 is 5.11 Å². The Morgan fingerprint density at radius 2 is 2.20 bits per heavy atom. The van der Waals surface area contributed by atoms with Gasteiger partial charge in [0.1, 0.15) is 0 Å². The fraction of sp³-hybridized carbons (Fsp3) is 0.647. The molecule has 1 saturated heterocycles. The lowest BCUT2D eigenvalue weighted by Gasteiger charge is -2.32. The number of aliphatic hydroxyl groups is 1. The number of hydrogen-bond acceptors (Lipinski definition) is 3. The van der Waals surface area contributed by atoms with Gasteiger partial charge in [0.05, 0.1) is 6.10 Å². The van der Waals surface area contributed by atoms with Crippen LogP contribution in [-0.4, -0.2) is 30.8 Å². The molecule has 1 heterocycles. The first-order chi connectivity index (χ1) is 9.56. The van der Waals surface area contributed by atoms with Gasteiger partial charge < -0.3 is 15.3 Å². The third-order valence-electron chi connectivity index (χ3n) is 3.96. The van der Waals surface area contributed by atoms with Crippen LogP contribution in [0.2, 0.25) is 0 Å². The summed E-state index contributed by atoms with van der Waals surface area (Å²) < 4.78 is 0. The van der Waals surface area contributed by atoms with Gasteiger partial charge >= 0.3 is 0 Å². The SMILES string of the molecule is Cc1cc(N2CCCC(O)C2)ccc1CNCC(C)C. The Kier molecular flexibility index (Phi) is 5.44. The molecule has 1 unspecified atom stereocenters. The number of β-amino-alcohol motifs (C(OH)–C–C–N with tert-alkyl or cyclic N) is 1. The molecule has 2 rings (SSSR count). The van der Waals surface area contributed by atoms with E-state index in [4.69, 9.17) is 0 Å². The van der Waals surface area contributed by atoms with Gasteiger partial charge in [-0.2, -0.15) is 0 Å². The summed E-state index contributed by atoms with van der Waals surface area (Å²) in [6, 6.07) is 6.67. The summed E-state index contributed by atoms with van der Waals surface area (Å²) in [5.41, 5.74) is 3.94. The summed E-state index contributed by atoms with van der Waals surface area (Å²) in [4.78, 5) is 2.30. The predicted octanol–water partition coefficient (Wildman–Crippen LogP) is 2.70. The van der Waals surface area contributed by atoms with Crippen molar-refractivity contribution in [2.24, 2.45) is 5.92 Å². The van der Waals surface area contributed by atoms with Crippen LogP contribution in [0, 0.1) is 12.8 Å². The maximum absolute atomic E-state index is 9.78. The Bertz CT molecular complexity index is 431. The summed E-state index contributed by atoms with van der Waals surface area (Å²) >= 11 is 0. The summed E-state index contributed by atoms with van der Waals surface area (Å²) in [6.07, 6.45) is 1.85. The van der Waals surface area contributed by atoms with Crippen LogP contribution in [0.5, 0.6) is 0 Å². The highest BCUT2D eigenvalue weighted by atomic mass is 16.3. The number of aryl methyl sites for hydroxylation is 1. The van der Waals surface area contributed by atoms with Gasteiger partial charge in [-0.1, -0.05) is 19.9 Å². The highest BCUT2D eigenvalue weighted by Crippen LogP contribution is 2.23. The number of nitrogens with one attached hydrogen (secondary N) is 1. The van der Waals surface area contributed by atoms with E-state index in [0.29, 0.717) is 5.92 Å². The van der Waals surface area contributed by atoms with Crippen LogP contribution in [0.1, 0.15) is 37.8 Å². The van der Waals surface area contributed by atoms with E-state index in [1.165, 1.54) is 16.8 Å². The molecule has 1 fully saturated rings. The van der Waals surface area contributed by atoms with Gasteiger partial charge in [0, 0.05) is 25.3 Å². The highest BCUT2D eigenvalue weighted by molar-refractivity contribution is 5.51. The lowest BCUT2D eigenvalue weighted by Crippen LogP contribution is -2.38. The Morgan fingerprint density at radius 3 is 2.85 bits per heavy atom. The van der Waals surface area contributed by atoms with E-state index in [0.717, 1.165) is 39.0 Å². The minimum atomic E-state index is -0.170. The largest absolute Gasteiger partial charge is 0.391 e. The number of aliphatic hydroxyl groups excluding tert-OH is 1. The van der Waals surface area contributed by atoms with E-state index >= 15 is 0 Å². The molecule has 0 aromatic heterocycles. The number of piperidine rings is 1. The molecule has 0 bridgehead atoms. The van der Waals surface area contributed by atoms with Gasteiger partial charge in [0.15, 0.2) is 0 Å². The Labute approximate surface area is 123 Å². The molecule has 0 aliphatic carbocycles. The van der Waals surface area contributed by atoms with Crippen LogP contribution >= 0.6 is 0 Å². The topological polar surface area (TPSA) is 35.5 Å². The number of benzene rings is 1. The van der Waals surface area contributed by atoms with E-state index in [1.807, 2.05) is 0 Å².